The molecule has 0 unspecified atom stereocenters. The molecule has 0 aliphatic carbocycles. The number of benzene rings is 1. The van der Waals surface area contributed by atoms with Crippen LogP contribution in [0.1, 0.15) is 15.2 Å². The lowest BCUT2D eigenvalue weighted by atomic mass is 10.1. The van der Waals surface area contributed by atoms with Crippen LogP contribution in [0.4, 0.5) is 0 Å². The number of hydrogen-bond acceptors (Lipinski definition) is 4. The van der Waals surface area contributed by atoms with E-state index in [0.29, 0.717) is 17.2 Å². The van der Waals surface area contributed by atoms with Crippen LogP contribution in [-0.2, 0) is 6.54 Å². The molecule has 0 radical (unpaired) electrons. The fraction of sp³-hybridized carbons (Fsp3) is 0.267. The van der Waals surface area contributed by atoms with E-state index in [0.717, 1.165) is 27.9 Å². The second kappa shape index (κ2) is 7.34. The molecule has 0 bridgehead atoms. The summed E-state index contributed by atoms with van der Waals surface area (Å²) in [4.78, 5) is 11.7. The van der Waals surface area contributed by atoms with E-state index in [9.17, 15) is 9.90 Å². The van der Waals surface area contributed by atoms with E-state index in [1.54, 1.807) is 11.8 Å². The first-order valence-electron chi connectivity index (χ1n) is 6.19. The Kier molecular flexibility index (Phi) is 5.48. The fourth-order valence-corrected chi connectivity index (χ4v) is 3.55. The van der Waals surface area contributed by atoms with E-state index < -0.39 is 5.97 Å². The van der Waals surface area contributed by atoms with E-state index in [2.05, 4.69) is 11.2 Å². The molecule has 0 aliphatic heterocycles. The first-order valence-corrected chi connectivity index (χ1v) is 8.16. The summed E-state index contributed by atoms with van der Waals surface area (Å²) in [5.41, 5.74) is 0.875. The Bertz CT molecular complexity index is 643. The normalized spacial score (nSPS) is 10.6. The first-order chi connectivity index (χ1) is 9.74. The van der Waals surface area contributed by atoms with Crippen molar-refractivity contribution in [1.29, 1.82) is 0 Å². The van der Waals surface area contributed by atoms with Gasteiger partial charge in [-0.05, 0) is 17.0 Å². The molecule has 0 atom stereocenters. The number of nitrogens with one attached hydrogen (secondary N) is 1. The third kappa shape index (κ3) is 3.54. The molecule has 0 fully saturated rings. The van der Waals surface area contributed by atoms with Crippen LogP contribution in [0.15, 0.2) is 24.3 Å². The summed E-state index contributed by atoms with van der Waals surface area (Å²) in [6, 6.07) is 7.80. The van der Waals surface area contributed by atoms with Crippen LogP contribution in [-0.4, -0.2) is 29.1 Å². The van der Waals surface area contributed by atoms with Gasteiger partial charge in [0.05, 0.1) is 5.75 Å². The largest absolute Gasteiger partial charge is 0.477 e. The smallest absolute Gasteiger partial charge is 0.346 e. The van der Waals surface area contributed by atoms with Gasteiger partial charge in [0.25, 0.3) is 0 Å². The van der Waals surface area contributed by atoms with E-state index in [1.807, 2.05) is 24.3 Å². The molecule has 0 saturated heterocycles. The molecule has 104 valence electrons. The predicted molar refractivity (Wildman–Crippen MR) is 86.6 cm³/mol. The quantitative estimate of drug-likeness (QED) is 0.610. The lowest BCUT2D eigenvalue weighted by molar-refractivity contribution is 0.0701. The number of rotatable bonds is 7. The molecule has 2 N–H and O–H groups in total. The highest BCUT2D eigenvalue weighted by molar-refractivity contribution is 7.99. The number of carboxylic acid groups (broad SMARTS) is 1. The number of hydrogen-bond donors (Lipinski definition) is 2. The Hall–Kier alpha value is -1.48. The van der Waals surface area contributed by atoms with Gasteiger partial charge in [0.15, 0.2) is 0 Å². The van der Waals surface area contributed by atoms with Crippen molar-refractivity contribution in [2.75, 3.05) is 18.1 Å². The molecular formula is C15H15NO2S2. The maximum atomic E-state index is 11.3. The minimum Gasteiger partial charge on any atom is -0.477 e. The Morgan fingerprint density at radius 2 is 2.25 bits per heavy atom. The SMILES string of the molecule is C#CCSCCNCc1c(C(=O)O)sc2ccccc12. The molecule has 1 aromatic carbocycles. The Balaban J connectivity index is 2.06. The molecule has 2 aromatic rings. The summed E-state index contributed by atoms with van der Waals surface area (Å²) in [6.07, 6.45) is 5.18. The third-order valence-electron chi connectivity index (χ3n) is 2.80. The van der Waals surface area contributed by atoms with E-state index in [1.165, 1.54) is 11.3 Å². The fourth-order valence-electron chi connectivity index (χ4n) is 1.94. The predicted octanol–water partition coefficient (Wildman–Crippen LogP) is 3.06. The van der Waals surface area contributed by atoms with Crippen LogP contribution in [0.2, 0.25) is 0 Å². The van der Waals surface area contributed by atoms with Gasteiger partial charge in [0, 0.05) is 23.5 Å². The molecule has 3 nitrogen and oxygen atoms in total. The summed E-state index contributed by atoms with van der Waals surface area (Å²) in [5.74, 6) is 3.36. The molecule has 0 amide bonds. The van der Waals surface area contributed by atoms with Crippen molar-refractivity contribution in [1.82, 2.24) is 5.32 Å². The molecule has 1 heterocycles. The van der Waals surface area contributed by atoms with Gasteiger partial charge >= 0.3 is 5.97 Å². The zero-order valence-electron chi connectivity index (χ0n) is 10.9. The number of thiophene rings is 1. The van der Waals surface area contributed by atoms with Crippen LogP contribution in [0, 0.1) is 12.3 Å². The van der Waals surface area contributed by atoms with Crippen molar-refractivity contribution in [3.05, 3.63) is 34.7 Å². The van der Waals surface area contributed by atoms with Crippen LogP contribution < -0.4 is 5.32 Å². The second-order valence-electron chi connectivity index (χ2n) is 4.14. The van der Waals surface area contributed by atoms with Crippen LogP contribution in [0.3, 0.4) is 0 Å². The van der Waals surface area contributed by atoms with E-state index >= 15 is 0 Å². The van der Waals surface area contributed by atoms with Crippen molar-refractivity contribution in [3.8, 4) is 12.3 Å². The Morgan fingerprint density at radius 1 is 1.45 bits per heavy atom. The number of carboxylic acids is 1. The zero-order valence-corrected chi connectivity index (χ0v) is 12.5. The topological polar surface area (TPSA) is 49.3 Å². The van der Waals surface area contributed by atoms with Crippen LogP contribution >= 0.6 is 23.1 Å². The number of thioether (sulfide) groups is 1. The van der Waals surface area contributed by atoms with Gasteiger partial charge in [-0.15, -0.1) is 29.5 Å². The summed E-state index contributed by atoms with van der Waals surface area (Å²) >= 11 is 3.02. The van der Waals surface area contributed by atoms with Crippen molar-refractivity contribution < 1.29 is 9.90 Å². The highest BCUT2D eigenvalue weighted by Gasteiger charge is 2.16. The third-order valence-corrected chi connectivity index (χ3v) is 4.87. The van der Waals surface area contributed by atoms with Gasteiger partial charge in [0.2, 0.25) is 0 Å². The standard InChI is InChI=1S/C15H15NO2S2/c1-2-8-19-9-7-16-10-12-11-5-3-4-6-13(11)20-14(12)15(17)18/h1,3-6,16H,7-10H2,(H,17,18). The lowest BCUT2D eigenvalue weighted by Crippen LogP contribution is -2.17. The zero-order chi connectivity index (χ0) is 14.4. The minimum absolute atomic E-state index is 0.426. The van der Waals surface area contributed by atoms with Crippen LogP contribution in [0.5, 0.6) is 0 Å². The number of carbonyl (C=O) groups is 1. The number of fused-ring (bicyclic) bond motifs is 1. The Labute approximate surface area is 126 Å². The van der Waals surface area contributed by atoms with Crippen molar-refractivity contribution in [2.45, 2.75) is 6.54 Å². The monoisotopic (exact) mass is 305 g/mol. The van der Waals surface area contributed by atoms with Gasteiger partial charge in [0.1, 0.15) is 4.88 Å². The van der Waals surface area contributed by atoms with Gasteiger partial charge in [-0.1, -0.05) is 24.1 Å². The number of terminal acetylenes is 1. The Morgan fingerprint density at radius 3 is 3.00 bits per heavy atom. The average Bonchev–Trinajstić information content (AvgIpc) is 2.82. The van der Waals surface area contributed by atoms with E-state index in [-0.39, 0.29) is 0 Å². The molecule has 0 saturated carbocycles. The molecule has 1 aromatic heterocycles. The maximum Gasteiger partial charge on any atom is 0.346 e. The summed E-state index contributed by atoms with van der Waals surface area (Å²) in [6.45, 7) is 1.39. The molecule has 20 heavy (non-hydrogen) atoms. The highest BCUT2D eigenvalue weighted by atomic mass is 32.2. The number of aromatic carboxylic acids is 1. The minimum atomic E-state index is -0.857. The van der Waals surface area contributed by atoms with Gasteiger partial charge in [-0.25, -0.2) is 4.79 Å². The summed E-state index contributed by atoms with van der Waals surface area (Å²) in [7, 11) is 0. The molecule has 0 aliphatic rings. The van der Waals surface area contributed by atoms with E-state index in [4.69, 9.17) is 6.42 Å². The lowest BCUT2D eigenvalue weighted by Gasteiger charge is -2.04. The van der Waals surface area contributed by atoms with Crippen molar-refractivity contribution in [2.24, 2.45) is 0 Å². The first kappa shape index (κ1) is 14.9. The molecular weight excluding hydrogens is 290 g/mol. The summed E-state index contributed by atoms with van der Waals surface area (Å²) < 4.78 is 1.02. The molecule has 0 spiro atoms. The molecule has 2 rings (SSSR count). The highest BCUT2D eigenvalue weighted by Crippen LogP contribution is 2.31. The van der Waals surface area contributed by atoms with Crippen molar-refractivity contribution >= 4 is 39.2 Å². The van der Waals surface area contributed by atoms with Crippen molar-refractivity contribution in [3.63, 3.8) is 0 Å². The van der Waals surface area contributed by atoms with Crippen LogP contribution in [0.25, 0.3) is 10.1 Å². The van der Waals surface area contributed by atoms with Gasteiger partial charge < -0.3 is 10.4 Å². The second-order valence-corrected chi connectivity index (χ2v) is 6.30. The average molecular weight is 305 g/mol. The maximum absolute atomic E-state index is 11.3. The van der Waals surface area contributed by atoms with Gasteiger partial charge in [-0.3, -0.25) is 0 Å². The molecule has 5 heteroatoms. The summed E-state index contributed by atoms with van der Waals surface area (Å²) in [5, 5.41) is 13.6. The van der Waals surface area contributed by atoms with Gasteiger partial charge in [-0.2, -0.15) is 0 Å².